The highest BCUT2D eigenvalue weighted by atomic mass is 35.5. The van der Waals surface area contributed by atoms with Gasteiger partial charge in [-0.25, -0.2) is 0 Å². The Labute approximate surface area is 35.3 Å². The highest BCUT2D eigenvalue weighted by Gasteiger charge is 0.880. The van der Waals surface area contributed by atoms with E-state index >= 15 is 0 Å². The van der Waals surface area contributed by atoms with E-state index in [0.29, 0.717) is 0 Å². The zero-order valence-corrected chi connectivity index (χ0v) is 5.51. The second kappa shape index (κ2) is 111. The fourth-order valence-corrected chi connectivity index (χ4v) is 0. The predicted octanol–water partition coefficient (Wildman–Crippen LogP) is -1.19. The van der Waals surface area contributed by atoms with E-state index in [4.69, 9.17) is 0 Å². The van der Waals surface area contributed by atoms with E-state index in [1.807, 2.05) is 0 Å². The van der Waals surface area contributed by atoms with Crippen LogP contribution in [0.1, 0.15) is 0 Å². The van der Waals surface area contributed by atoms with Gasteiger partial charge in [0.2, 0.25) is 0 Å². The van der Waals surface area contributed by atoms with Crippen LogP contribution in [0.25, 0.3) is 0 Å². The normalized spacial score (nSPS) is 2.25. The molecule has 5 N–H and O–H groups in total. The number of halogens is 1. The minimum Gasteiger partial charge on any atom is -0.358 e. The van der Waals surface area contributed by atoms with E-state index in [2.05, 4.69) is 5.40 Å². The summed E-state index contributed by atoms with van der Waals surface area (Å²) in [4.78, 5) is 0. The van der Waals surface area contributed by atoms with Gasteiger partial charge in [-0.1, -0.05) is 0 Å². The molecule has 0 aliphatic carbocycles. The molecule has 0 aromatic rings. The van der Waals surface area contributed by atoms with Crippen molar-refractivity contribution in [1.29, 1.82) is 0 Å². The lowest BCUT2D eigenvalue weighted by molar-refractivity contribution is 2.00. The van der Waals surface area contributed by atoms with Crippen LogP contribution >= 0.6 is 12.4 Å². The van der Waals surface area contributed by atoms with Crippen molar-refractivity contribution in [2.75, 3.05) is 0 Å². The molecular formula is H9ClN2Si. The van der Waals surface area contributed by atoms with E-state index in [0.717, 1.165) is 10.4 Å². The summed E-state index contributed by atoms with van der Waals surface area (Å²) in [6, 6.07) is 0. The van der Waals surface area contributed by atoms with Crippen molar-refractivity contribution in [2.24, 2.45) is 5.40 Å². The molecule has 0 fully saturated rings. The molecule has 0 aliphatic heterocycles. The van der Waals surface area contributed by atoms with E-state index < -0.39 is 0 Å². The first kappa shape index (κ1) is 25.5. The molecule has 4 heteroatoms. The highest BCUT2D eigenvalue weighted by molar-refractivity contribution is 6.02. The third kappa shape index (κ3) is 27.1. The minimum absolute atomic E-state index is 0. The van der Waals surface area contributed by atoms with Crippen molar-refractivity contribution in [1.82, 2.24) is 6.15 Å². The number of rotatable bonds is 0. The molecule has 0 aromatic heterocycles. The highest BCUT2D eigenvalue weighted by Crippen LogP contribution is 0.690. The SMILES string of the molecule is Cl.N.N[SiH3]. The fourth-order valence-electron chi connectivity index (χ4n) is 0. The Morgan fingerprint density at radius 1 is 1.25 bits per heavy atom. The molecule has 0 radical (unpaired) electrons. The number of hydrogen-bond acceptors (Lipinski definition) is 2. The van der Waals surface area contributed by atoms with Gasteiger partial charge in [0.25, 0.3) is 0 Å². The molecule has 0 aromatic carbocycles. The Morgan fingerprint density at radius 2 is 1.25 bits per heavy atom. The molecule has 4 heavy (non-hydrogen) atoms. The number of nitrogens with two attached hydrogens (primary N) is 1. The fraction of sp³-hybridized carbons (Fsp3) is 0. The van der Waals surface area contributed by atoms with Crippen molar-refractivity contribution < 1.29 is 0 Å². The summed E-state index contributed by atoms with van der Waals surface area (Å²) in [5.41, 5.74) is 0. The summed E-state index contributed by atoms with van der Waals surface area (Å²) in [5, 5.41) is 4.64. The molecule has 0 unspecified atom stereocenters. The molecule has 30 valence electrons. The van der Waals surface area contributed by atoms with Crippen LogP contribution in [-0.4, -0.2) is 10.4 Å². The van der Waals surface area contributed by atoms with E-state index in [-0.39, 0.29) is 18.6 Å². The summed E-state index contributed by atoms with van der Waals surface area (Å²) < 4.78 is 0. The molecule has 2 nitrogen and oxygen atoms in total. The van der Waals surface area contributed by atoms with Crippen molar-refractivity contribution in [3.05, 3.63) is 0 Å². The van der Waals surface area contributed by atoms with E-state index in [1.165, 1.54) is 0 Å². The summed E-state index contributed by atoms with van der Waals surface area (Å²) in [6.07, 6.45) is 0. The summed E-state index contributed by atoms with van der Waals surface area (Å²) in [7, 11) is 0.806. The van der Waals surface area contributed by atoms with E-state index in [1.54, 1.807) is 0 Å². The summed E-state index contributed by atoms with van der Waals surface area (Å²) in [5.74, 6) is 0. The van der Waals surface area contributed by atoms with Crippen LogP contribution in [-0.2, 0) is 0 Å². The van der Waals surface area contributed by atoms with Gasteiger partial charge < -0.3 is 11.5 Å². The lowest BCUT2D eigenvalue weighted by Crippen LogP contribution is -1.75. The Morgan fingerprint density at radius 3 is 1.25 bits per heavy atom. The van der Waals surface area contributed by atoms with Gasteiger partial charge in [0.15, 0.2) is 0 Å². The summed E-state index contributed by atoms with van der Waals surface area (Å²) >= 11 is 0. The van der Waals surface area contributed by atoms with Gasteiger partial charge in [0.1, 0.15) is 0 Å². The van der Waals surface area contributed by atoms with Crippen LogP contribution in [0, 0.1) is 0 Å². The molecule has 0 bridgehead atoms. The number of hydrogen-bond donors (Lipinski definition) is 2. The standard InChI is InChI=1S/ClH.H5NSi.H3N/c;1-2;/h1H;1H2,2H3;1H3. The second-order valence-electron chi connectivity index (χ2n) is 0. The zero-order chi connectivity index (χ0) is 2.00. The zero-order valence-electron chi connectivity index (χ0n) is 2.69. The molecular weight excluding hydrogens is 91.6 g/mol. The Hall–Kier alpha value is 0.427. The monoisotopic (exact) mass is 100 g/mol. The van der Waals surface area contributed by atoms with E-state index in [9.17, 15) is 0 Å². The van der Waals surface area contributed by atoms with Crippen LogP contribution < -0.4 is 11.5 Å². The van der Waals surface area contributed by atoms with Crippen LogP contribution in [0.4, 0.5) is 0 Å². The molecule has 0 saturated heterocycles. The van der Waals surface area contributed by atoms with Gasteiger partial charge in [-0.2, -0.15) is 0 Å². The quantitative estimate of drug-likeness (QED) is 0.376. The first-order chi connectivity index (χ1) is 1.00. The largest absolute Gasteiger partial charge is 0.358 e. The smallest absolute Gasteiger partial charge is 0.0716 e. The molecule has 0 saturated carbocycles. The van der Waals surface area contributed by atoms with Gasteiger partial charge in [0, 0.05) is 0 Å². The maximum absolute atomic E-state index is 4.64. The average molecular weight is 101 g/mol. The van der Waals surface area contributed by atoms with Gasteiger partial charge in [0.05, 0.1) is 10.4 Å². The maximum atomic E-state index is 4.64. The lowest BCUT2D eigenvalue weighted by atomic mass is 13.9. The molecule has 0 rings (SSSR count). The Bertz CT molecular complexity index is 6.00. The van der Waals surface area contributed by atoms with Crippen molar-refractivity contribution in [2.45, 2.75) is 0 Å². The minimum atomic E-state index is 0. The van der Waals surface area contributed by atoms with Crippen LogP contribution in [0.15, 0.2) is 0 Å². The Kier molecular flexibility index (Phi) is 707. The van der Waals surface area contributed by atoms with Crippen molar-refractivity contribution in [3.63, 3.8) is 0 Å². The third-order valence-corrected chi connectivity index (χ3v) is 0. The second-order valence-corrected chi connectivity index (χ2v) is 0. The van der Waals surface area contributed by atoms with Gasteiger partial charge in [-0.05, 0) is 0 Å². The Balaban J connectivity index is -0.00000000500. The van der Waals surface area contributed by atoms with Crippen molar-refractivity contribution >= 4 is 22.8 Å². The molecule has 0 heterocycles. The molecule has 0 atom stereocenters. The topological polar surface area (TPSA) is 61.0 Å². The van der Waals surface area contributed by atoms with Crippen LogP contribution in [0.2, 0.25) is 0 Å². The average Bonchev–Trinajstić information content (AvgIpc) is 1.00. The molecule has 0 amide bonds. The molecule has 0 aliphatic rings. The van der Waals surface area contributed by atoms with Crippen molar-refractivity contribution in [3.8, 4) is 0 Å². The van der Waals surface area contributed by atoms with Gasteiger partial charge >= 0.3 is 0 Å². The van der Waals surface area contributed by atoms with Gasteiger partial charge in [-0.3, -0.25) is 0 Å². The van der Waals surface area contributed by atoms with Gasteiger partial charge in [-0.15, -0.1) is 12.4 Å². The first-order valence-corrected chi connectivity index (χ1v) is 1.73. The van der Waals surface area contributed by atoms with Crippen LogP contribution in [0.5, 0.6) is 0 Å². The maximum Gasteiger partial charge on any atom is 0.0716 e. The molecule has 0 spiro atoms. The predicted molar refractivity (Wildman–Crippen MR) is 26.4 cm³/mol. The lowest BCUT2D eigenvalue weighted by Gasteiger charge is -1.17. The van der Waals surface area contributed by atoms with Crippen LogP contribution in [0.3, 0.4) is 0 Å². The third-order valence-electron chi connectivity index (χ3n) is 0. The first-order valence-electron chi connectivity index (χ1n) is 0.577. The summed E-state index contributed by atoms with van der Waals surface area (Å²) in [6.45, 7) is 0.